The molecule has 3 aromatic carbocycles. The molecule has 30 heavy (non-hydrogen) atoms. The molecule has 2 aliphatic heterocycles. The molecule has 0 saturated heterocycles. The van der Waals surface area contributed by atoms with Crippen LogP contribution >= 0.6 is 0 Å². The molecular formula is C25H22N2O3. The highest BCUT2D eigenvalue weighted by atomic mass is 16.6. The second-order valence-electron chi connectivity index (χ2n) is 8.32. The van der Waals surface area contributed by atoms with Gasteiger partial charge in [-0.15, -0.1) is 0 Å². The molecular weight excluding hydrogens is 376 g/mol. The molecule has 0 aliphatic carbocycles. The molecule has 1 unspecified atom stereocenters. The van der Waals surface area contributed by atoms with E-state index in [1.54, 1.807) is 12.1 Å². The summed E-state index contributed by atoms with van der Waals surface area (Å²) in [5, 5.41) is 11.2. The maximum atomic E-state index is 11.2. The van der Waals surface area contributed by atoms with Gasteiger partial charge in [-0.05, 0) is 49.3 Å². The fourth-order valence-corrected chi connectivity index (χ4v) is 4.67. The van der Waals surface area contributed by atoms with Crippen molar-refractivity contribution in [2.24, 2.45) is 0 Å². The van der Waals surface area contributed by atoms with Crippen LogP contribution < -0.4 is 9.64 Å². The average Bonchev–Trinajstić information content (AvgIpc) is 2.93. The molecule has 0 N–H and O–H groups in total. The van der Waals surface area contributed by atoms with Crippen LogP contribution in [0.1, 0.15) is 30.5 Å². The standard InChI is InChI=1S/C25H22N2O3/c1-24(2)21-10-6-7-11-22(21)26(17-18-8-4-3-5-9-18)25(24)15-14-19-16-20(27(28)29)12-13-23(19)30-25/h3-16H,17H2,1-2H3. The van der Waals surface area contributed by atoms with E-state index in [0.29, 0.717) is 12.3 Å². The fraction of sp³-hybridized carbons (Fsp3) is 0.200. The van der Waals surface area contributed by atoms with Crippen molar-refractivity contribution in [3.05, 3.63) is 106 Å². The Bertz CT molecular complexity index is 1170. The maximum absolute atomic E-state index is 11.2. The number of rotatable bonds is 3. The number of fused-ring (bicyclic) bond motifs is 2. The summed E-state index contributed by atoms with van der Waals surface area (Å²) in [6, 6.07) is 23.5. The van der Waals surface area contributed by atoms with E-state index >= 15 is 0 Å². The van der Waals surface area contributed by atoms with E-state index in [0.717, 1.165) is 11.3 Å². The van der Waals surface area contributed by atoms with Gasteiger partial charge in [0.15, 0.2) is 0 Å². The Morgan fingerprint density at radius 3 is 2.50 bits per heavy atom. The van der Waals surface area contributed by atoms with E-state index in [9.17, 15) is 10.1 Å². The van der Waals surface area contributed by atoms with E-state index in [1.807, 2.05) is 24.3 Å². The monoisotopic (exact) mass is 398 g/mol. The van der Waals surface area contributed by atoms with E-state index in [2.05, 4.69) is 61.2 Å². The average molecular weight is 398 g/mol. The molecule has 0 amide bonds. The minimum Gasteiger partial charge on any atom is -0.463 e. The number of nitro groups is 1. The van der Waals surface area contributed by atoms with E-state index in [-0.39, 0.29) is 16.0 Å². The van der Waals surface area contributed by atoms with Crippen LogP contribution in [0.15, 0.2) is 78.9 Å². The predicted molar refractivity (Wildman–Crippen MR) is 118 cm³/mol. The van der Waals surface area contributed by atoms with Crippen LogP contribution in [0.3, 0.4) is 0 Å². The molecule has 3 aromatic rings. The summed E-state index contributed by atoms with van der Waals surface area (Å²) in [5.74, 6) is 0.655. The first kappa shape index (κ1) is 18.4. The van der Waals surface area contributed by atoms with Crippen molar-refractivity contribution in [2.45, 2.75) is 31.5 Å². The van der Waals surface area contributed by atoms with Crippen molar-refractivity contribution in [1.82, 2.24) is 0 Å². The maximum Gasteiger partial charge on any atom is 0.270 e. The summed E-state index contributed by atoms with van der Waals surface area (Å²) in [7, 11) is 0. The van der Waals surface area contributed by atoms with E-state index < -0.39 is 5.72 Å². The fourth-order valence-electron chi connectivity index (χ4n) is 4.67. The number of anilines is 1. The molecule has 0 saturated carbocycles. The van der Waals surface area contributed by atoms with Crippen LogP contribution in [0.4, 0.5) is 11.4 Å². The number of hydrogen-bond donors (Lipinski definition) is 0. The molecule has 0 aromatic heterocycles. The van der Waals surface area contributed by atoms with Crippen LogP contribution in [0, 0.1) is 10.1 Å². The Hall–Kier alpha value is -3.60. The van der Waals surface area contributed by atoms with Crippen LogP contribution in [0.5, 0.6) is 5.75 Å². The lowest BCUT2D eigenvalue weighted by molar-refractivity contribution is -0.384. The summed E-state index contributed by atoms with van der Waals surface area (Å²) < 4.78 is 6.71. The first-order chi connectivity index (χ1) is 14.4. The van der Waals surface area contributed by atoms with Gasteiger partial charge in [0.05, 0.1) is 10.3 Å². The number of nitrogens with zero attached hydrogens (tertiary/aromatic N) is 2. The lowest BCUT2D eigenvalue weighted by Gasteiger charge is -2.47. The first-order valence-corrected chi connectivity index (χ1v) is 10.0. The Morgan fingerprint density at radius 1 is 1.00 bits per heavy atom. The third kappa shape index (κ3) is 2.55. The highest BCUT2D eigenvalue weighted by molar-refractivity contribution is 5.73. The highest BCUT2D eigenvalue weighted by Gasteiger charge is 2.58. The second-order valence-corrected chi connectivity index (χ2v) is 8.32. The Labute approximate surface area is 175 Å². The van der Waals surface area contributed by atoms with Gasteiger partial charge in [-0.2, -0.15) is 0 Å². The third-order valence-corrected chi connectivity index (χ3v) is 6.31. The highest BCUT2D eigenvalue weighted by Crippen LogP contribution is 2.55. The number of non-ortho nitro benzene ring substituents is 1. The molecule has 1 atom stereocenters. The number of hydrogen-bond acceptors (Lipinski definition) is 4. The zero-order valence-electron chi connectivity index (χ0n) is 16.9. The van der Waals surface area contributed by atoms with E-state index in [4.69, 9.17) is 4.74 Å². The number of para-hydroxylation sites is 1. The number of nitro benzene ring substituents is 1. The SMILES string of the molecule is CC1(C)c2ccccc2N(Cc2ccccc2)C12C=Cc1cc([N+](=O)[O-])ccc1O2. The molecule has 0 radical (unpaired) electrons. The number of ether oxygens (including phenoxy) is 1. The molecule has 150 valence electrons. The Balaban J connectivity index is 1.65. The summed E-state index contributed by atoms with van der Waals surface area (Å²) >= 11 is 0. The zero-order valence-corrected chi connectivity index (χ0v) is 16.9. The van der Waals surface area contributed by atoms with Gasteiger partial charge in [0.25, 0.3) is 5.69 Å². The van der Waals surface area contributed by atoms with Crippen LogP contribution in [-0.2, 0) is 12.0 Å². The van der Waals surface area contributed by atoms with Gasteiger partial charge in [0, 0.05) is 29.9 Å². The molecule has 1 spiro atoms. The minimum absolute atomic E-state index is 0.0630. The van der Waals surface area contributed by atoms with Gasteiger partial charge in [-0.1, -0.05) is 48.5 Å². The molecule has 5 heteroatoms. The lowest BCUT2D eigenvalue weighted by Crippen LogP contribution is -2.59. The van der Waals surface area contributed by atoms with Crippen molar-refractivity contribution in [3.8, 4) is 5.75 Å². The van der Waals surface area contributed by atoms with Gasteiger partial charge in [0.1, 0.15) is 5.75 Å². The molecule has 5 rings (SSSR count). The molecule has 2 aliphatic rings. The Kier molecular flexibility index (Phi) is 3.97. The van der Waals surface area contributed by atoms with Crippen molar-refractivity contribution in [1.29, 1.82) is 0 Å². The smallest absolute Gasteiger partial charge is 0.270 e. The summed E-state index contributed by atoms with van der Waals surface area (Å²) in [4.78, 5) is 13.1. The van der Waals surface area contributed by atoms with Gasteiger partial charge in [0.2, 0.25) is 5.72 Å². The summed E-state index contributed by atoms with van der Waals surface area (Å²) in [5.41, 5.74) is 3.26. The first-order valence-electron chi connectivity index (χ1n) is 10.0. The van der Waals surface area contributed by atoms with Crippen LogP contribution in [0.25, 0.3) is 6.08 Å². The lowest BCUT2D eigenvalue weighted by atomic mass is 9.76. The summed E-state index contributed by atoms with van der Waals surface area (Å²) in [6.07, 6.45) is 4.01. The van der Waals surface area contributed by atoms with Crippen molar-refractivity contribution >= 4 is 17.5 Å². The summed E-state index contributed by atoms with van der Waals surface area (Å²) in [6.45, 7) is 5.07. The molecule has 2 heterocycles. The predicted octanol–water partition coefficient (Wildman–Crippen LogP) is 5.69. The number of benzene rings is 3. The molecule has 5 nitrogen and oxygen atoms in total. The minimum atomic E-state index is -0.740. The topological polar surface area (TPSA) is 55.6 Å². The molecule has 0 bridgehead atoms. The van der Waals surface area contributed by atoms with Crippen molar-refractivity contribution < 1.29 is 9.66 Å². The van der Waals surface area contributed by atoms with E-state index in [1.165, 1.54) is 17.2 Å². The third-order valence-electron chi connectivity index (χ3n) is 6.31. The molecule has 0 fully saturated rings. The largest absolute Gasteiger partial charge is 0.463 e. The quantitative estimate of drug-likeness (QED) is 0.420. The van der Waals surface area contributed by atoms with Gasteiger partial charge >= 0.3 is 0 Å². The van der Waals surface area contributed by atoms with Crippen LogP contribution in [0.2, 0.25) is 0 Å². The van der Waals surface area contributed by atoms with Crippen molar-refractivity contribution in [2.75, 3.05) is 4.90 Å². The van der Waals surface area contributed by atoms with Gasteiger partial charge in [-0.25, -0.2) is 0 Å². The van der Waals surface area contributed by atoms with Gasteiger partial charge in [-0.3, -0.25) is 10.1 Å². The zero-order chi connectivity index (χ0) is 20.9. The second kappa shape index (κ2) is 6.46. The van der Waals surface area contributed by atoms with Crippen LogP contribution in [-0.4, -0.2) is 10.6 Å². The normalized spacial score (nSPS) is 20.5. The van der Waals surface area contributed by atoms with Gasteiger partial charge < -0.3 is 9.64 Å². The van der Waals surface area contributed by atoms with Crippen molar-refractivity contribution in [3.63, 3.8) is 0 Å². The Morgan fingerprint density at radius 2 is 1.73 bits per heavy atom.